The third-order valence-corrected chi connectivity index (χ3v) is 2.43. The normalized spacial score (nSPS) is 19.2. The van der Waals surface area contributed by atoms with Crippen molar-refractivity contribution in [3.05, 3.63) is 39.7 Å². The molecule has 1 aliphatic heterocycles. The summed E-state index contributed by atoms with van der Waals surface area (Å²) in [5, 5.41) is 10.7. The third-order valence-electron chi connectivity index (χ3n) is 2.43. The van der Waals surface area contributed by atoms with E-state index in [9.17, 15) is 24.1 Å². The number of nitro benzene ring substituents is 1. The number of carbonyl (C=O) groups excluding carboxylic acids is 2. The SMILES string of the molecule is O=C1CC(c2cc(F)ccc2[N+](=O)[O-])C(=O)O1. The molecule has 17 heavy (non-hydrogen) atoms. The summed E-state index contributed by atoms with van der Waals surface area (Å²) in [5.41, 5.74) is -0.533. The molecule has 0 radical (unpaired) electrons. The monoisotopic (exact) mass is 239 g/mol. The lowest BCUT2D eigenvalue weighted by Crippen LogP contribution is -2.08. The summed E-state index contributed by atoms with van der Waals surface area (Å²) in [6.45, 7) is 0. The van der Waals surface area contributed by atoms with Crippen LogP contribution in [0.2, 0.25) is 0 Å². The quantitative estimate of drug-likeness (QED) is 0.336. The standard InChI is InChI=1S/C10H6FNO5/c11-5-1-2-8(12(15)16)6(3-5)7-4-9(13)17-10(7)14/h1-3,7H,4H2. The second-order valence-electron chi connectivity index (χ2n) is 3.51. The molecule has 1 heterocycles. The van der Waals surface area contributed by atoms with Crippen LogP contribution in [0.1, 0.15) is 17.9 Å². The number of nitrogens with zero attached hydrogens (tertiary/aromatic N) is 1. The average Bonchev–Trinajstić information content (AvgIpc) is 2.57. The Morgan fingerprint density at radius 3 is 2.65 bits per heavy atom. The number of carbonyl (C=O) groups is 2. The maximum absolute atomic E-state index is 13.0. The lowest BCUT2D eigenvalue weighted by molar-refractivity contribution is -0.385. The molecule has 1 fully saturated rings. The van der Waals surface area contributed by atoms with Crippen molar-refractivity contribution in [2.45, 2.75) is 12.3 Å². The fourth-order valence-electron chi connectivity index (χ4n) is 1.68. The van der Waals surface area contributed by atoms with Crippen LogP contribution in [0.15, 0.2) is 18.2 Å². The summed E-state index contributed by atoms with van der Waals surface area (Å²) in [4.78, 5) is 32.2. The van der Waals surface area contributed by atoms with E-state index in [2.05, 4.69) is 4.74 Å². The first kappa shape index (κ1) is 11.2. The number of rotatable bonds is 2. The molecule has 1 aliphatic rings. The Morgan fingerprint density at radius 2 is 2.12 bits per heavy atom. The number of benzene rings is 1. The highest BCUT2D eigenvalue weighted by atomic mass is 19.1. The van der Waals surface area contributed by atoms with E-state index in [4.69, 9.17) is 0 Å². The number of cyclic esters (lactones) is 2. The maximum atomic E-state index is 13.0. The lowest BCUT2D eigenvalue weighted by Gasteiger charge is -2.05. The first-order valence-electron chi connectivity index (χ1n) is 4.67. The van der Waals surface area contributed by atoms with Crippen molar-refractivity contribution in [3.8, 4) is 0 Å². The van der Waals surface area contributed by atoms with E-state index < -0.39 is 34.3 Å². The van der Waals surface area contributed by atoms with Crippen molar-refractivity contribution in [3.63, 3.8) is 0 Å². The number of hydrogen-bond donors (Lipinski definition) is 0. The van der Waals surface area contributed by atoms with Gasteiger partial charge in [0, 0.05) is 11.6 Å². The summed E-state index contributed by atoms with van der Waals surface area (Å²) in [7, 11) is 0. The minimum absolute atomic E-state index is 0.133. The largest absolute Gasteiger partial charge is 0.393 e. The van der Waals surface area contributed by atoms with Gasteiger partial charge in [-0.25, -0.2) is 4.39 Å². The third kappa shape index (κ3) is 1.99. The number of halogens is 1. The van der Waals surface area contributed by atoms with Gasteiger partial charge in [-0.3, -0.25) is 19.7 Å². The van der Waals surface area contributed by atoms with Gasteiger partial charge < -0.3 is 4.74 Å². The minimum Gasteiger partial charge on any atom is -0.393 e. The highest BCUT2D eigenvalue weighted by Crippen LogP contribution is 2.34. The van der Waals surface area contributed by atoms with Gasteiger partial charge in [0.15, 0.2) is 0 Å². The summed E-state index contributed by atoms with van der Waals surface area (Å²) >= 11 is 0. The highest BCUT2D eigenvalue weighted by Gasteiger charge is 2.38. The Kier molecular flexibility index (Phi) is 2.58. The summed E-state index contributed by atoms with van der Waals surface area (Å²) < 4.78 is 17.3. The van der Waals surface area contributed by atoms with Gasteiger partial charge in [-0.15, -0.1) is 0 Å². The second-order valence-corrected chi connectivity index (χ2v) is 3.51. The van der Waals surface area contributed by atoms with Crippen LogP contribution in [-0.2, 0) is 14.3 Å². The molecular weight excluding hydrogens is 233 g/mol. The summed E-state index contributed by atoms with van der Waals surface area (Å²) in [6, 6.07) is 2.76. The average molecular weight is 239 g/mol. The van der Waals surface area contributed by atoms with Crippen molar-refractivity contribution < 1.29 is 23.6 Å². The Morgan fingerprint density at radius 1 is 1.41 bits per heavy atom. The Hall–Kier alpha value is -2.31. The molecule has 0 bridgehead atoms. The number of ether oxygens (including phenoxy) is 1. The molecule has 0 saturated carbocycles. The zero-order valence-electron chi connectivity index (χ0n) is 8.38. The smallest absolute Gasteiger partial charge is 0.321 e. The first-order chi connectivity index (χ1) is 7.99. The minimum atomic E-state index is -1.10. The van der Waals surface area contributed by atoms with Crippen molar-refractivity contribution >= 4 is 17.6 Å². The van der Waals surface area contributed by atoms with Crippen molar-refractivity contribution in [2.24, 2.45) is 0 Å². The molecule has 2 rings (SSSR count). The van der Waals surface area contributed by atoms with Crippen LogP contribution in [0.25, 0.3) is 0 Å². The number of esters is 2. The molecule has 7 heteroatoms. The molecular formula is C10H6FNO5. The van der Waals surface area contributed by atoms with Crippen LogP contribution >= 0.6 is 0 Å². The van der Waals surface area contributed by atoms with E-state index in [1.807, 2.05) is 0 Å². The molecule has 1 aromatic carbocycles. The number of nitro groups is 1. The predicted molar refractivity (Wildman–Crippen MR) is 51.5 cm³/mol. The van der Waals surface area contributed by atoms with Crippen molar-refractivity contribution in [1.82, 2.24) is 0 Å². The Bertz CT molecular complexity index is 527. The van der Waals surface area contributed by atoms with E-state index in [0.717, 1.165) is 18.2 Å². The zero-order valence-corrected chi connectivity index (χ0v) is 8.38. The van der Waals surface area contributed by atoms with Crippen LogP contribution < -0.4 is 0 Å². The molecule has 1 atom stereocenters. The molecule has 1 aromatic rings. The van der Waals surface area contributed by atoms with E-state index in [1.54, 1.807) is 0 Å². The van der Waals surface area contributed by atoms with Gasteiger partial charge in [-0.2, -0.15) is 0 Å². The molecule has 6 nitrogen and oxygen atoms in total. The Labute approximate surface area is 94.1 Å². The van der Waals surface area contributed by atoms with Gasteiger partial charge in [0.25, 0.3) is 5.69 Å². The molecule has 0 N–H and O–H groups in total. The molecule has 0 aromatic heterocycles. The van der Waals surface area contributed by atoms with Crippen LogP contribution in [0.3, 0.4) is 0 Å². The molecule has 0 spiro atoms. The van der Waals surface area contributed by atoms with Crippen LogP contribution in [0, 0.1) is 15.9 Å². The van der Waals surface area contributed by atoms with Gasteiger partial charge in [-0.05, 0) is 12.1 Å². The van der Waals surface area contributed by atoms with Crippen molar-refractivity contribution in [1.29, 1.82) is 0 Å². The Balaban J connectivity index is 2.50. The molecule has 1 saturated heterocycles. The van der Waals surface area contributed by atoms with Crippen LogP contribution in [-0.4, -0.2) is 16.9 Å². The zero-order chi connectivity index (χ0) is 12.6. The molecule has 1 unspecified atom stereocenters. The number of hydrogen-bond acceptors (Lipinski definition) is 5. The fourth-order valence-corrected chi connectivity index (χ4v) is 1.68. The van der Waals surface area contributed by atoms with Gasteiger partial charge in [0.05, 0.1) is 17.3 Å². The van der Waals surface area contributed by atoms with Gasteiger partial charge in [0.1, 0.15) is 5.82 Å². The van der Waals surface area contributed by atoms with E-state index in [0.29, 0.717) is 0 Å². The molecule has 88 valence electrons. The van der Waals surface area contributed by atoms with E-state index in [1.165, 1.54) is 0 Å². The van der Waals surface area contributed by atoms with E-state index >= 15 is 0 Å². The highest BCUT2D eigenvalue weighted by molar-refractivity contribution is 5.98. The maximum Gasteiger partial charge on any atom is 0.321 e. The first-order valence-corrected chi connectivity index (χ1v) is 4.67. The molecule has 0 aliphatic carbocycles. The van der Waals surface area contributed by atoms with Crippen molar-refractivity contribution in [2.75, 3.05) is 0 Å². The van der Waals surface area contributed by atoms with Crippen LogP contribution in [0.5, 0.6) is 0 Å². The molecule has 0 amide bonds. The van der Waals surface area contributed by atoms with Gasteiger partial charge >= 0.3 is 11.9 Å². The van der Waals surface area contributed by atoms with Crippen LogP contribution in [0.4, 0.5) is 10.1 Å². The lowest BCUT2D eigenvalue weighted by atomic mass is 9.96. The summed E-state index contributed by atoms with van der Waals surface area (Å²) in [5.74, 6) is -3.46. The van der Waals surface area contributed by atoms with E-state index in [-0.39, 0.29) is 12.0 Å². The van der Waals surface area contributed by atoms with Gasteiger partial charge in [-0.1, -0.05) is 0 Å². The second kappa shape index (κ2) is 3.93. The fraction of sp³-hybridized carbons (Fsp3) is 0.200. The summed E-state index contributed by atoms with van der Waals surface area (Å²) in [6.07, 6.45) is -0.302. The predicted octanol–water partition coefficient (Wildman–Crippen LogP) is 1.29. The van der Waals surface area contributed by atoms with Gasteiger partial charge in [0.2, 0.25) is 0 Å². The topological polar surface area (TPSA) is 86.5 Å².